The molecule has 3 aromatic rings. The Hall–Kier alpha value is -2.52. The molecular formula is C17H11ClO3. The second-order valence-electron chi connectivity index (χ2n) is 4.52. The zero-order valence-corrected chi connectivity index (χ0v) is 11.7. The summed E-state index contributed by atoms with van der Waals surface area (Å²) in [5, 5.41) is 10.8. The van der Waals surface area contributed by atoms with E-state index in [9.17, 15) is 4.79 Å². The van der Waals surface area contributed by atoms with Gasteiger partial charge in [0.25, 0.3) is 0 Å². The lowest BCUT2D eigenvalue weighted by atomic mass is 10.0. The number of ether oxygens (including phenoxy) is 1. The van der Waals surface area contributed by atoms with Crippen LogP contribution in [-0.4, -0.2) is 11.3 Å². The monoisotopic (exact) mass is 298 g/mol. The smallest absolute Gasteiger partial charge is 0.449 e. The first-order valence-electron chi connectivity index (χ1n) is 6.34. The number of hydrogen-bond acceptors (Lipinski definition) is 2. The van der Waals surface area contributed by atoms with Gasteiger partial charge in [-0.3, -0.25) is 0 Å². The van der Waals surface area contributed by atoms with Crippen LogP contribution in [0.15, 0.2) is 60.7 Å². The van der Waals surface area contributed by atoms with Crippen molar-refractivity contribution < 1.29 is 14.6 Å². The molecule has 0 fully saturated rings. The molecule has 0 saturated heterocycles. The van der Waals surface area contributed by atoms with Crippen LogP contribution in [0.25, 0.3) is 21.9 Å². The van der Waals surface area contributed by atoms with E-state index in [4.69, 9.17) is 21.4 Å². The average molecular weight is 299 g/mol. The lowest BCUT2D eigenvalue weighted by Gasteiger charge is -2.12. The number of hydrogen-bond donors (Lipinski definition) is 1. The molecule has 1 N–H and O–H groups in total. The van der Waals surface area contributed by atoms with Crippen molar-refractivity contribution in [3.63, 3.8) is 0 Å². The molecule has 0 saturated carbocycles. The molecule has 3 rings (SSSR count). The number of carboxylic acid groups (broad SMARTS) is 1. The van der Waals surface area contributed by atoms with Crippen LogP contribution in [0.1, 0.15) is 0 Å². The molecule has 0 unspecified atom stereocenters. The van der Waals surface area contributed by atoms with Gasteiger partial charge in [0.2, 0.25) is 0 Å². The summed E-state index contributed by atoms with van der Waals surface area (Å²) in [5.41, 5.74) is 1.65. The van der Waals surface area contributed by atoms with E-state index >= 15 is 0 Å². The highest BCUT2D eigenvalue weighted by Crippen LogP contribution is 2.41. The second kappa shape index (κ2) is 5.46. The number of halogens is 1. The van der Waals surface area contributed by atoms with Crippen molar-refractivity contribution >= 4 is 28.5 Å². The fourth-order valence-corrected chi connectivity index (χ4v) is 2.61. The Labute approximate surface area is 126 Å². The Kier molecular flexibility index (Phi) is 3.50. The van der Waals surface area contributed by atoms with Gasteiger partial charge in [0.05, 0.1) is 5.02 Å². The van der Waals surface area contributed by atoms with Gasteiger partial charge in [-0.1, -0.05) is 66.2 Å². The Balaban J connectivity index is 2.32. The molecule has 0 spiro atoms. The van der Waals surface area contributed by atoms with Crippen molar-refractivity contribution in [2.75, 3.05) is 0 Å². The highest BCUT2D eigenvalue weighted by Gasteiger charge is 2.16. The first kappa shape index (κ1) is 13.5. The summed E-state index contributed by atoms with van der Waals surface area (Å²) < 4.78 is 4.91. The van der Waals surface area contributed by atoms with Gasteiger partial charge >= 0.3 is 6.16 Å². The molecule has 4 heteroatoms. The van der Waals surface area contributed by atoms with Gasteiger partial charge in [-0.15, -0.1) is 0 Å². The largest absolute Gasteiger partial charge is 0.511 e. The summed E-state index contributed by atoms with van der Waals surface area (Å²) >= 11 is 6.38. The number of carbonyl (C=O) groups is 1. The van der Waals surface area contributed by atoms with E-state index in [1.165, 1.54) is 0 Å². The summed E-state index contributed by atoms with van der Waals surface area (Å²) in [6.07, 6.45) is -1.38. The zero-order valence-electron chi connectivity index (χ0n) is 10.9. The predicted molar refractivity (Wildman–Crippen MR) is 83.0 cm³/mol. The van der Waals surface area contributed by atoms with Crippen LogP contribution in [0.3, 0.4) is 0 Å². The fraction of sp³-hybridized carbons (Fsp3) is 0. The maximum Gasteiger partial charge on any atom is 0.511 e. The van der Waals surface area contributed by atoms with Crippen molar-refractivity contribution in [2.24, 2.45) is 0 Å². The third kappa shape index (κ3) is 2.56. The van der Waals surface area contributed by atoms with Gasteiger partial charge < -0.3 is 9.84 Å². The van der Waals surface area contributed by atoms with Gasteiger partial charge in [-0.05, 0) is 17.0 Å². The summed E-state index contributed by atoms with van der Waals surface area (Å²) in [7, 11) is 0. The number of rotatable bonds is 2. The number of benzene rings is 3. The van der Waals surface area contributed by atoms with E-state index in [0.717, 1.165) is 16.5 Å². The topological polar surface area (TPSA) is 46.5 Å². The highest BCUT2D eigenvalue weighted by atomic mass is 35.5. The van der Waals surface area contributed by atoms with Crippen LogP contribution in [0.4, 0.5) is 4.79 Å². The molecule has 0 radical (unpaired) electrons. The van der Waals surface area contributed by atoms with Gasteiger partial charge in [0, 0.05) is 10.9 Å². The van der Waals surface area contributed by atoms with Crippen LogP contribution < -0.4 is 4.74 Å². The zero-order chi connectivity index (χ0) is 14.8. The Bertz CT molecular complexity index is 813. The van der Waals surface area contributed by atoms with E-state index in [0.29, 0.717) is 10.4 Å². The molecule has 0 aliphatic heterocycles. The van der Waals surface area contributed by atoms with E-state index in [2.05, 4.69) is 0 Å². The highest BCUT2D eigenvalue weighted by molar-refractivity contribution is 6.36. The first-order valence-corrected chi connectivity index (χ1v) is 6.72. The lowest BCUT2D eigenvalue weighted by molar-refractivity contribution is 0.145. The average Bonchev–Trinajstić information content (AvgIpc) is 2.50. The minimum atomic E-state index is -1.38. The third-order valence-corrected chi connectivity index (χ3v) is 3.59. The van der Waals surface area contributed by atoms with E-state index in [-0.39, 0.29) is 5.75 Å². The summed E-state index contributed by atoms with van der Waals surface area (Å²) in [6, 6.07) is 18.9. The Morgan fingerprint density at radius 3 is 2.38 bits per heavy atom. The van der Waals surface area contributed by atoms with Crippen molar-refractivity contribution in [1.29, 1.82) is 0 Å². The molecule has 0 heterocycles. The molecule has 0 aliphatic rings. The van der Waals surface area contributed by atoms with Gasteiger partial charge in [-0.25, -0.2) is 4.79 Å². The number of fused-ring (bicyclic) bond motifs is 1. The van der Waals surface area contributed by atoms with E-state index in [1.807, 2.05) is 54.6 Å². The summed E-state index contributed by atoms with van der Waals surface area (Å²) in [6.45, 7) is 0. The van der Waals surface area contributed by atoms with Crippen molar-refractivity contribution in [2.45, 2.75) is 0 Å². The molecule has 0 aliphatic carbocycles. The van der Waals surface area contributed by atoms with E-state index in [1.54, 1.807) is 6.07 Å². The molecule has 3 aromatic carbocycles. The molecule has 21 heavy (non-hydrogen) atoms. The van der Waals surface area contributed by atoms with Crippen LogP contribution >= 0.6 is 11.6 Å². The SMILES string of the molecule is O=C(O)Oc1c(Cl)c(-c2ccccc2)cc2ccccc12. The minimum absolute atomic E-state index is 0.168. The van der Waals surface area contributed by atoms with Crippen molar-refractivity contribution in [1.82, 2.24) is 0 Å². The molecular weight excluding hydrogens is 288 g/mol. The maximum absolute atomic E-state index is 10.9. The Morgan fingerprint density at radius 1 is 1.00 bits per heavy atom. The summed E-state index contributed by atoms with van der Waals surface area (Å²) in [5.74, 6) is 0.168. The lowest BCUT2D eigenvalue weighted by Crippen LogP contribution is -2.04. The standard InChI is InChI=1S/C17H11ClO3/c18-15-14(11-6-2-1-3-7-11)10-12-8-4-5-9-13(12)16(15)21-17(19)20/h1-10H,(H,19,20). The Morgan fingerprint density at radius 2 is 1.67 bits per heavy atom. The molecule has 0 amide bonds. The first-order chi connectivity index (χ1) is 10.2. The quantitative estimate of drug-likeness (QED) is 0.521. The predicted octanol–water partition coefficient (Wildman–Crippen LogP) is 5.22. The van der Waals surface area contributed by atoms with E-state index < -0.39 is 6.16 Å². The van der Waals surface area contributed by atoms with Gasteiger partial charge in [0.1, 0.15) is 0 Å². The van der Waals surface area contributed by atoms with Gasteiger partial charge in [-0.2, -0.15) is 0 Å². The van der Waals surface area contributed by atoms with Crippen LogP contribution in [0, 0.1) is 0 Å². The molecule has 104 valence electrons. The summed E-state index contributed by atoms with van der Waals surface area (Å²) in [4.78, 5) is 10.9. The molecule has 0 aromatic heterocycles. The molecule has 0 bridgehead atoms. The molecule has 0 atom stereocenters. The van der Waals surface area contributed by atoms with Crippen LogP contribution in [0.5, 0.6) is 5.75 Å². The van der Waals surface area contributed by atoms with Gasteiger partial charge in [0.15, 0.2) is 5.75 Å². The minimum Gasteiger partial charge on any atom is -0.449 e. The van der Waals surface area contributed by atoms with Crippen LogP contribution in [-0.2, 0) is 0 Å². The third-order valence-electron chi connectivity index (χ3n) is 3.22. The maximum atomic E-state index is 10.9. The second-order valence-corrected chi connectivity index (χ2v) is 4.90. The van der Waals surface area contributed by atoms with Crippen molar-refractivity contribution in [3.8, 4) is 16.9 Å². The normalized spacial score (nSPS) is 10.5. The van der Waals surface area contributed by atoms with Crippen molar-refractivity contribution in [3.05, 3.63) is 65.7 Å². The fourth-order valence-electron chi connectivity index (χ4n) is 2.30. The molecule has 3 nitrogen and oxygen atoms in total. The van der Waals surface area contributed by atoms with Crippen LogP contribution in [0.2, 0.25) is 5.02 Å².